The predicted octanol–water partition coefficient (Wildman–Crippen LogP) is 6.50. The molecule has 0 radical (unpaired) electrons. The smallest absolute Gasteiger partial charge is 0.336 e. The summed E-state index contributed by atoms with van der Waals surface area (Å²) >= 11 is 0. The van der Waals surface area contributed by atoms with Crippen LogP contribution in [0.3, 0.4) is 0 Å². The average molecular weight is 378 g/mol. The van der Waals surface area contributed by atoms with Gasteiger partial charge < -0.3 is 5.11 Å². The second kappa shape index (κ2) is 7.76. The van der Waals surface area contributed by atoms with Crippen molar-refractivity contribution in [1.29, 1.82) is 0 Å². The maximum absolute atomic E-state index is 12.4. The van der Waals surface area contributed by atoms with Crippen LogP contribution in [0.1, 0.15) is 27.8 Å². The molecule has 0 heterocycles. The minimum atomic E-state index is -0.933. The summed E-state index contributed by atoms with van der Waals surface area (Å²) in [5.41, 5.74) is 5.76. The van der Waals surface area contributed by atoms with Crippen molar-refractivity contribution < 1.29 is 9.90 Å². The van der Waals surface area contributed by atoms with Gasteiger partial charge in [-0.3, -0.25) is 0 Å². The highest BCUT2D eigenvalue weighted by Crippen LogP contribution is 2.34. The molecular formula is C27H22O2. The summed E-state index contributed by atoms with van der Waals surface area (Å²) in [7, 11) is 0. The van der Waals surface area contributed by atoms with Gasteiger partial charge in [-0.25, -0.2) is 4.79 Å². The minimum absolute atomic E-state index is 0.309. The van der Waals surface area contributed by atoms with E-state index in [0.29, 0.717) is 11.1 Å². The van der Waals surface area contributed by atoms with E-state index in [4.69, 9.17) is 0 Å². The molecule has 0 aromatic heterocycles. The van der Waals surface area contributed by atoms with E-state index in [1.807, 2.05) is 86.6 Å². The van der Waals surface area contributed by atoms with Crippen molar-refractivity contribution in [2.45, 2.75) is 13.8 Å². The summed E-state index contributed by atoms with van der Waals surface area (Å²) in [6.45, 7) is 4.03. The van der Waals surface area contributed by atoms with Crippen LogP contribution in [0, 0.1) is 13.8 Å². The molecule has 1 N–H and O–H groups in total. The Kier molecular flexibility index (Phi) is 5.01. The quantitative estimate of drug-likeness (QED) is 0.325. The molecule has 0 atom stereocenters. The molecule has 0 bridgehead atoms. The molecule has 0 aliphatic rings. The molecule has 2 nitrogen and oxygen atoms in total. The fourth-order valence-electron chi connectivity index (χ4n) is 3.62. The lowest BCUT2D eigenvalue weighted by Gasteiger charge is -2.15. The third kappa shape index (κ3) is 3.83. The molecule has 142 valence electrons. The Hall–Kier alpha value is -3.65. The van der Waals surface area contributed by atoms with Crippen molar-refractivity contribution in [3.63, 3.8) is 0 Å². The van der Waals surface area contributed by atoms with Crippen LogP contribution >= 0.6 is 0 Å². The lowest BCUT2D eigenvalue weighted by atomic mass is 9.88. The first-order chi connectivity index (χ1) is 14.0. The molecule has 0 fully saturated rings. The van der Waals surface area contributed by atoms with Crippen LogP contribution in [0.25, 0.3) is 21.9 Å². The highest BCUT2D eigenvalue weighted by molar-refractivity contribution is 6.26. The van der Waals surface area contributed by atoms with Gasteiger partial charge in [0.1, 0.15) is 0 Å². The fourth-order valence-corrected chi connectivity index (χ4v) is 3.62. The normalized spacial score (nSPS) is 11.9. The lowest BCUT2D eigenvalue weighted by Crippen LogP contribution is -2.05. The number of hydrogen-bond donors (Lipinski definition) is 1. The number of benzene rings is 4. The van der Waals surface area contributed by atoms with E-state index in [2.05, 4.69) is 18.2 Å². The van der Waals surface area contributed by atoms with Crippen LogP contribution in [0.5, 0.6) is 0 Å². The average Bonchev–Trinajstić information content (AvgIpc) is 2.73. The number of rotatable bonds is 4. The Bertz CT molecular complexity index is 1210. The van der Waals surface area contributed by atoms with Crippen molar-refractivity contribution in [1.82, 2.24) is 0 Å². The number of carboxylic acids is 1. The highest BCUT2D eigenvalue weighted by atomic mass is 16.4. The van der Waals surface area contributed by atoms with E-state index in [1.54, 1.807) is 0 Å². The zero-order valence-electron chi connectivity index (χ0n) is 16.5. The molecule has 0 aliphatic carbocycles. The van der Waals surface area contributed by atoms with E-state index >= 15 is 0 Å². The minimum Gasteiger partial charge on any atom is -0.478 e. The summed E-state index contributed by atoms with van der Waals surface area (Å²) < 4.78 is 0. The van der Waals surface area contributed by atoms with E-state index in [0.717, 1.165) is 38.6 Å². The molecule has 0 aliphatic heterocycles. The third-order valence-corrected chi connectivity index (χ3v) is 5.18. The maximum atomic E-state index is 12.4. The second-order valence-corrected chi connectivity index (χ2v) is 7.35. The monoisotopic (exact) mass is 378 g/mol. The molecule has 29 heavy (non-hydrogen) atoms. The summed E-state index contributed by atoms with van der Waals surface area (Å²) in [6, 6.07) is 29.9. The summed E-state index contributed by atoms with van der Waals surface area (Å²) in [5.74, 6) is -0.933. The van der Waals surface area contributed by atoms with Crippen molar-refractivity contribution in [2.75, 3.05) is 0 Å². The molecule has 0 spiro atoms. The Morgan fingerprint density at radius 1 is 0.621 bits per heavy atom. The molecule has 0 saturated heterocycles. The molecule has 2 heteroatoms. The van der Waals surface area contributed by atoms with Crippen LogP contribution in [0.4, 0.5) is 0 Å². The van der Waals surface area contributed by atoms with Gasteiger partial charge in [0.15, 0.2) is 0 Å². The summed E-state index contributed by atoms with van der Waals surface area (Å²) in [6.07, 6.45) is 0. The Morgan fingerprint density at radius 2 is 1.14 bits per heavy atom. The Labute approximate surface area is 170 Å². The molecule has 4 aromatic rings. The number of aryl methyl sites for hydroxylation is 2. The van der Waals surface area contributed by atoms with Gasteiger partial charge in [0, 0.05) is 5.57 Å². The van der Waals surface area contributed by atoms with Crippen LogP contribution in [-0.2, 0) is 4.79 Å². The van der Waals surface area contributed by atoms with Crippen LogP contribution in [-0.4, -0.2) is 11.1 Å². The van der Waals surface area contributed by atoms with Crippen LogP contribution in [0.2, 0.25) is 0 Å². The first-order valence-electron chi connectivity index (χ1n) is 9.64. The predicted molar refractivity (Wildman–Crippen MR) is 120 cm³/mol. The van der Waals surface area contributed by atoms with Crippen molar-refractivity contribution in [3.05, 3.63) is 119 Å². The number of fused-ring (bicyclic) bond motifs is 1. The maximum Gasteiger partial charge on any atom is 0.336 e. The van der Waals surface area contributed by atoms with Crippen molar-refractivity contribution >= 4 is 27.9 Å². The van der Waals surface area contributed by atoms with Gasteiger partial charge in [-0.15, -0.1) is 0 Å². The van der Waals surface area contributed by atoms with Gasteiger partial charge in [-0.2, -0.15) is 0 Å². The Balaban J connectivity index is 2.04. The molecular weight excluding hydrogens is 356 g/mol. The van der Waals surface area contributed by atoms with Crippen LogP contribution < -0.4 is 0 Å². The number of carbonyl (C=O) groups is 1. The molecule has 0 unspecified atom stereocenters. The van der Waals surface area contributed by atoms with E-state index in [9.17, 15) is 9.90 Å². The third-order valence-electron chi connectivity index (χ3n) is 5.18. The first-order valence-corrected chi connectivity index (χ1v) is 9.64. The zero-order valence-corrected chi connectivity index (χ0v) is 16.5. The first kappa shape index (κ1) is 18.7. The van der Waals surface area contributed by atoms with E-state index in [1.165, 1.54) is 0 Å². The summed E-state index contributed by atoms with van der Waals surface area (Å²) in [5, 5.41) is 12.4. The van der Waals surface area contributed by atoms with Gasteiger partial charge in [-0.05, 0) is 47.4 Å². The Morgan fingerprint density at radius 3 is 1.72 bits per heavy atom. The lowest BCUT2D eigenvalue weighted by molar-refractivity contribution is -0.130. The largest absolute Gasteiger partial charge is 0.478 e. The van der Waals surface area contributed by atoms with E-state index in [-0.39, 0.29) is 0 Å². The van der Waals surface area contributed by atoms with Gasteiger partial charge >= 0.3 is 5.97 Å². The molecule has 0 saturated carbocycles. The fraction of sp³-hybridized carbons (Fsp3) is 0.0741. The van der Waals surface area contributed by atoms with Crippen LogP contribution in [0.15, 0.2) is 91.0 Å². The highest BCUT2D eigenvalue weighted by Gasteiger charge is 2.20. The van der Waals surface area contributed by atoms with Crippen molar-refractivity contribution in [2.24, 2.45) is 0 Å². The number of carboxylic acid groups (broad SMARTS) is 1. The van der Waals surface area contributed by atoms with Gasteiger partial charge in [-0.1, -0.05) is 96.1 Å². The number of hydrogen-bond acceptors (Lipinski definition) is 1. The molecule has 0 amide bonds. The van der Waals surface area contributed by atoms with Gasteiger partial charge in [0.05, 0.1) is 5.57 Å². The topological polar surface area (TPSA) is 37.3 Å². The van der Waals surface area contributed by atoms with Gasteiger partial charge in [0.25, 0.3) is 0 Å². The SMILES string of the molecule is Cc1ccc(/C(C(=O)O)=C(\c2ccc(C)cc2)c2ccc3ccccc3c2)cc1. The standard InChI is InChI=1S/C27H22O2/c1-18-7-11-21(12-8-18)25(24-16-15-20-5-3-4-6-23(20)17-24)26(27(28)29)22-13-9-19(2)10-14-22/h3-17H,1-2H3,(H,28,29)/b26-25-. The molecule has 4 aromatic carbocycles. The summed E-state index contributed by atoms with van der Waals surface area (Å²) in [4.78, 5) is 12.4. The zero-order chi connectivity index (χ0) is 20.4. The second-order valence-electron chi connectivity index (χ2n) is 7.35. The number of aliphatic carboxylic acids is 1. The molecule has 4 rings (SSSR count). The van der Waals surface area contributed by atoms with E-state index < -0.39 is 5.97 Å². The van der Waals surface area contributed by atoms with Crippen molar-refractivity contribution in [3.8, 4) is 0 Å². The van der Waals surface area contributed by atoms with Gasteiger partial charge in [0.2, 0.25) is 0 Å².